The van der Waals surface area contributed by atoms with Crippen LogP contribution in [0.5, 0.6) is 5.75 Å². The molecule has 1 unspecified atom stereocenters. The Morgan fingerprint density at radius 3 is 2.67 bits per heavy atom. The van der Waals surface area contributed by atoms with Gasteiger partial charge in [0.2, 0.25) is 0 Å². The maximum atomic E-state index is 13.5. The Morgan fingerprint density at radius 2 is 1.83 bits per heavy atom. The lowest BCUT2D eigenvalue weighted by Gasteiger charge is -2.14. The van der Waals surface area contributed by atoms with Crippen molar-refractivity contribution in [2.45, 2.75) is 32.7 Å². The lowest BCUT2D eigenvalue weighted by molar-refractivity contribution is 0.474. The molecule has 1 atom stereocenters. The van der Waals surface area contributed by atoms with Crippen molar-refractivity contribution < 1.29 is 9.50 Å². The number of phenols is 1. The van der Waals surface area contributed by atoms with Gasteiger partial charge in [0.05, 0.1) is 5.52 Å². The fourth-order valence-corrected chi connectivity index (χ4v) is 3.04. The minimum absolute atomic E-state index is 0.179. The van der Waals surface area contributed by atoms with Crippen LogP contribution in [0.25, 0.3) is 10.9 Å². The average molecular weight is 325 g/mol. The number of hydrogen-bond donors (Lipinski definition) is 2. The van der Waals surface area contributed by atoms with Crippen LogP contribution in [-0.4, -0.2) is 21.1 Å². The molecule has 1 aliphatic rings. The average Bonchev–Trinajstić information content (AvgIpc) is 2.98. The van der Waals surface area contributed by atoms with E-state index in [4.69, 9.17) is 0 Å². The van der Waals surface area contributed by atoms with E-state index in [0.717, 1.165) is 18.4 Å². The van der Waals surface area contributed by atoms with Gasteiger partial charge < -0.3 is 10.4 Å². The van der Waals surface area contributed by atoms with Crippen LogP contribution in [0.3, 0.4) is 0 Å². The lowest BCUT2D eigenvalue weighted by Crippen LogP contribution is -2.20. The molecule has 3 aromatic rings. The van der Waals surface area contributed by atoms with E-state index >= 15 is 0 Å². The molecule has 5 heteroatoms. The lowest BCUT2D eigenvalue weighted by atomic mass is 10.1. The molecule has 0 fully saturated rings. The van der Waals surface area contributed by atoms with Crippen LogP contribution in [0.4, 0.5) is 10.2 Å². The summed E-state index contributed by atoms with van der Waals surface area (Å²) < 4.78 is 13.5. The standard InChI is InChI=1S/C17H14FN3O.C2H6/c18-12-2-4-16-15(8-12)17(20-9-19-16)21-13-5-10-1-3-14(22)7-11(10)6-13;1-2/h1-4,7-9,13,22H,5-6H2,(H,19,20,21);1-2H3. The second-order valence-corrected chi connectivity index (χ2v) is 5.59. The predicted molar refractivity (Wildman–Crippen MR) is 93.8 cm³/mol. The SMILES string of the molecule is CC.Oc1ccc2c(c1)CC(Nc1ncnc3ccc(F)cc13)C2. The third-order valence-corrected chi connectivity index (χ3v) is 4.06. The van der Waals surface area contributed by atoms with E-state index in [1.54, 1.807) is 18.2 Å². The van der Waals surface area contributed by atoms with Crippen LogP contribution in [-0.2, 0) is 12.8 Å². The molecular weight excluding hydrogens is 305 g/mol. The highest BCUT2D eigenvalue weighted by molar-refractivity contribution is 5.88. The fraction of sp³-hybridized carbons (Fsp3) is 0.263. The number of halogens is 1. The van der Waals surface area contributed by atoms with Gasteiger partial charge in [-0.2, -0.15) is 0 Å². The molecule has 1 aliphatic carbocycles. The van der Waals surface area contributed by atoms with E-state index in [9.17, 15) is 9.50 Å². The topological polar surface area (TPSA) is 58.0 Å². The van der Waals surface area contributed by atoms with Gasteiger partial charge in [-0.05, 0) is 54.3 Å². The van der Waals surface area contributed by atoms with Crippen molar-refractivity contribution >= 4 is 16.7 Å². The van der Waals surface area contributed by atoms with Crippen molar-refractivity contribution in [2.24, 2.45) is 0 Å². The molecule has 24 heavy (non-hydrogen) atoms. The number of nitrogens with zero attached hydrogens (tertiary/aromatic N) is 2. The molecule has 4 rings (SSSR count). The van der Waals surface area contributed by atoms with Crippen LogP contribution < -0.4 is 5.32 Å². The number of aromatic nitrogens is 2. The maximum absolute atomic E-state index is 13.5. The number of fused-ring (bicyclic) bond motifs is 2. The van der Waals surface area contributed by atoms with Gasteiger partial charge in [0.1, 0.15) is 23.7 Å². The fourth-order valence-electron chi connectivity index (χ4n) is 3.04. The zero-order valence-corrected chi connectivity index (χ0v) is 13.8. The quantitative estimate of drug-likeness (QED) is 0.745. The van der Waals surface area contributed by atoms with Gasteiger partial charge in [0.25, 0.3) is 0 Å². The molecule has 0 saturated heterocycles. The first-order valence-electron chi connectivity index (χ1n) is 8.16. The first kappa shape index (κ1) is 16.2. The highest BCUT2D eigenvalue weighted by Gasteiger charge is 2.22. The number of phenolic OH excluding ortho intramolecular Hbond substituents is 1. The highest BCUT2D eigenvalue weighted by atomic mass is 19.1. The Morgan fingerprint density at radius 1 is 1.04 bits per heavy atom. The van der Waals surface area contributed by atoms with E-state index in [0.29, 0.717) is 16.7 Å². The van der Waals surface area contributed by atoms with E-state index in [1.165, 1.54) is 24.0 Å². The van der Waals surface area contributed by atoms with Crippen molar-refractivity contribution in [3.63, 3.8) is 0 Å². The summed E-state index contributed by atoms with van der Waals surface area (Å²) in [5, 5.41) is 13.6. The smallest absolute Gasteiger partial charge is 0.137 e. The Kier molecular flexibility index (Phi) is 4.60. The normalized spacial score (nSPS) is 15.5. The molecule has 2 N–H and O–H groups in total. The number of aromatic hydroxyl groups is 1. The molecule has 1 aromatic heterocycles. The van der Waals surface area contributed by atoms with Crippen molar-refractivity contribution in [3.05, 3.63) is 59.7 Å². The van der Waals surface area contributed by atoms with Crippen LogP contribution >= 0.6 is 0 Å². The van der Waals surface area contributed by atoms with Gasteiger partial charge in [-0.1, -0.05) is 19.9 Å². The maximum Gasteiger partial charge on any atom is 0.137 e. The Balaban J connectivity index is 0.000000815. The number of benzene rings is 2. The Hall–Kier alpha value is -2.69. The predicted octanol–water partition coefficient (Wildman–Crippen LogP) is 4.08. The third kappa shape index (κ3) is 3.15. The second-order valence-electron chi connectivity index (χ2n) is 5.59. The molecule has 0 aliphatic heterocycles. The minimum Gasteiger partial charge on any atom is -0.508 e. The van der Waals surface area contributed by atoms with Crippen LogP contribution in [0.15, 0.2) is 42.7 Å². The zero-order valence-electron chi connectivity index (χ0n) is 13.8. The van der Waals surface area contributed by atoms with Gasteiger partial charge in [-0.15, -0.1) is 0 Å². The van der Waals surface area contributed by atoms with Gasteiger partial charge >= 0.3 is 0 Å². The van der Waals surface area contributed by atoms with Crippen molar-refractivity contribution in [1.82, 2.24) is 9.97 Å². The first-order chi connectivity index (χ1) is 11.7. The molecule has 2 aromatic carbocycles. The molecule has 0 amide bonds. The van der Waals surface area contributed by atoms with Gasteiger partial charge in [0.15, 0.2) is 0 Å². The summed E-state index contributed by atoms with van der Waals surface area (Å²) in [5.74, 6) is 0.630. The number of nitrogens with one attached hydrogen (secondary N) is 1. The largest absolute Gasteiger partial charge is 0.508 e. The van der Waals surface area contributed by atoms with Gasteiger partial charge in [0, 0.05) is 11.4 Å². The summed E-state index contributed by atoms with van der Waals surface area (Å²) in [5.41, 5.74) is 3.08. The second kappa shape index (κ2) is 6.83. The van der Waals surface area contributed by atoms with Crippen LogP contribution in [0, 0.1) is 5.82 Å². The summed E-state index contributed by atoms with van der Waals surface area (Å²) >= 11 is 0. The molecule has 124 valence electrons. The number of rotatable bonds is 2. The first-order valence-corrected chi connectivity index (χ1v) is 8.16. The summed E-state index contributed by atoms with van der Waals surface area (Å²) in [7, 11) is 0. The van der Waals surface area contributed by atoms with Crippen LogP contribution in [0.2, 0.25) is 0 Å². The summed E-state index contributed by atoms with van der Waals surface area (Å²) in [6.45, 7) is 4.00. The summed E-state index contributed by atoms with van der Waals surface area (Å²) in [4.78, 5) is 8.41. The van der Waals surface area contributed by atoms with Crippen LogP contribution in [0.1, 0.15) is 25.0 Å². The molecule has 0 spiro atoms. The van der Waals surface area contributed by atoms with Gasteiger partial charge in [-0.3, -0.25) is 0 Å². The third-order valence-electron chi connectivity index (χ3n) is 4.06. The Bertz CT molecular complexity index is 866. The number of hydrogen-bond acceptors (Lipinski definition) is 4. The van der Waals surface area contributed by atoms with Crippen molar-refractivity contribution in [3.8, 4) is 5.75 Å². The molecule has 0 saturated carbocycles. The molecule has 0 bridgehead atoms. The minimum atomic E-state index is -0.301. The molecule has 1 heterocycles. The monoisotopic (exact) mass is 325 g/mol. The molecular formula is C19H20FN3O. The molecule has 4 nitrogen and oxygen atoms in total. The van der Waals surface area contributed by atoms with Crippen molar-refractivity contribution in [1.29, 1.82) is 0 Å². The van der Waals surface area contributed by atoms with E-state index in [1.807, 2.05) is 19.9 Å². The van der Waals surface area contributed by atoms with E-state index in [2.05, 4.69) is 15.3 Å². The summed E-state index contributed by atoms with van der Waals surface area (Å²) in [6.07, 6.45) is 3.15. The summed E-state index contributed by atoms with van der Waals surface area (Å²) in [6, 6.07) is 10.1. The highest BCUT2D eigenvalue weighted by Crippen LogP contribution is 2.29. The number of anilines is 1. The Labute approximate surface area is 140 Å². The van der Waals surface area contributed by atoms with E-state index < -0.39 is 0 Å². The van der Waals surface area contributed by atoms with Crippen molar-refractivity contribution in [2.75, 3.05) is 5.32 Å². The molecule has 0 radical (unpaired) electrons. The van der Waals surface area contributed by atoms with Gasteiger partial charge in [-0.25, -0.2) is 14.4 Å². The van der Waals surface area contributed by atoms with E-state index in [-0.39, 0.29) is 17.6 Å². The zero-order chi connectivity index (χ0) is 17.1.